The summed E-state index contributed by atoms with van der Waals surface area (Å²) in [5.74, 6) is -3.92. The Bertz CT molecular complexity index is 2340. The topological polar surface area (TPSA) is 157 Å². The van der Waals surface area contributed by atoms with Crippen molar-refractivity contribution >= 4 is 69.1 Å². The summed E-state index contributed by atoms with van der Waals surface area (Å²) in [4.78, 5) is 11.5. The molecule has 0 bridgehead atoms. The van der Waals surface area contributed by atoms with Gasteiger partial charge in [-0.2, -0.15) is 13.2 Å². The van der Waals surface area contributed by atoms with Gasteiger partial charge in [-0.3, -0.25) is 13.4 Å². The number of aromatic nitrogens is 2. The Labute approximate surface area is 318 Å². The van der Waals surface area contributed by atoms with E-state index in [2.05, 4.69) is 46.5 Å². The van der Waals surface area contributed by atoms with Crippen LogP contribution in [0.15, 0.2) is 98.3 Å². The number of benzene rings is 4. The highest BCUT2D eigenvalue weighted by molar-refractivity contribution is 9.10. The minimum absolute atomic E-state index is 0.00899. The molecule has 5 rings (SSSR count). The molecule has 282 valence electrons. The van der Waals surface area contributed by atoms with Crippen molar-refractivity contribution in [2.24, 2.45) is 5.73 Å². The minimum atomic E-state index is -4.82. The molecular formula is C33H28Br2F5N5O6S2. The summed E-state index contributed by atoms with van der Waals surface area (Å²) < 4.78 is 123. The molecule has 2 N–H and O–H groups in total. The number of hydrogen-bond acceptors (Lipinski definition) is 9. The van der Waals surface area contributed by atoms with E-state index in [1.54, 1.807) is 48.5 Å². The molecule has 0 aliphatic rings. The Morgan fingerprint density at radius 1 is 0.755 bits per heavy atom. The summed E-state index contributed by atoms with van der Waals surface area (Å²) >= 11 is 6.54. The number of halogens is 7. The highest BCUT2D eigenvalue weighted by atomic mass is 79.9. The third-order valence-electron chi connectivity index (χ3n) is 7.15. The molecule has 0 fully saturated rings. The van der Waals surface area contributed by atoms with Crippen molar-refractivity contribution in [3.05, 3.63) is 128 Å². The van der Waals surface area contributed by atoms with E-state index in [0.29, 0.717) is 20.3 Å². The van der Waals surface area contributed by atoms with Crippen LogP contribution < -0.4 is 14.3 Å². The molecule has 0 aliphatic heterocycles. The zero-order chi connectivity index (χ0) is 39.3. The van der Waals surface area contributed by atoms with E-state index in [-0.39, 0.29) is 47.7 Å². The van der Waals surface area contributed by atoms with Gasteiger partial charge in [0, 0.05) is 31.2 Å². The Balaban J connectivity index is 0.000000241. The van der Waals surface area contributed by atoms with Crippen molar-refractivity contribution in [2.45, 2.75) is 19.3 Å². The fourth-order valence-corrected chi connectivity index (χ4v) is 7.12. The molecule has 1 aromatic heterocycles. The number of carbonyl (C=O) groups excluding carboxylic acids is 1. The van der Waals surface area contributed by atoms with Crippen LogP contribution in [0.4, 0.5) is 33.3 Å². The van der Waals surface area contributed by atoms with Gasteiger partial charge >= 0.3 is 12.1 Å². The standard InChI is InChI=1S/C17H12BrF4N3O3S.C16H16BrFN2O3S/c1-29(26,27)25(13-4-2-3-12(18)8-13)9-11-6-5-10(7-14(11)19)15-23-24-16(28-15)17(20,21)22;1-24(22,23)20(14-4-2-3-13(17)8-14)10-12-6-5-11(7-15(12)18)16(21)9-19/h2-8H,9H2,1H3;2-8H,9-10,19H2,1H3. The maximum Gasteiger partial charge on any atom is 0.470 e. The molecule has 0 spiro atoms. The van der Waals surface area contributed by atoms with Crippen LogP contribution in [0.25, 0.3) is 11.5 Å². The van der Waals surface area contributed by atoms with Crippen molar-refractivity contribution < 1.29 is 48.0 Å². The van der Waals surface area contributed by atoms with Gasteiger partial charge in [0.25, 0.3) is 0 Å². The van der Waals surface area contributed by atoms with Gasteiger partial charge in [0.2, 0.25) is 25.9 Å². The predicted octanol–water partition coefficient (Wildman–Crippen LogP) is 7.32. The Morgan fingerprint density at radius 3 is 1.64 bits per heavy atom. The summed E-state index contributed by atoms with van der Waals surface area (Å²) in [6, 6.07) is 20.5. The van der Waals surface area contributed by atoms with E-state index in [9.17, 15) is 43.6 Å². The molecule has 1 heterocycles. The molecule has 11 nitrogen and oxygen atoms in total. The summed E-state index contributed by atoms with van der Waals surface area (Å²) in [5.41, 5.74) is 6.25. The van der Waals surface area contributed by atoms with Crippen molar-refractivity contribution in [3.8, 4) is 11.5 Å². The first-order chi connectivity index (χ1) is 24.7. The van der Waals surface area contributed by atoms with Crippen molar-refractivity contribution in [1.82, 2.24) is 10.2 Å². The van der Waals surface area contributed by atoms with E-state index < -0.39 is 49.6 Å². The van der Waals surface area contributed by atoms with Gasteiger partial charge in [0.15, 0.2) is 5.78 Å². The lowest BCUT2D eigenvalue weighted by atomic mass is 10.1. The summed E-state index contributed by atoms with van der Waals surface area (Å²) in [6.07, 6.45) is -2.78. The molecule has 0 unspecified atom stereocenters. The molecule has 0 saturated carbocycles. The Hall–Kier alpha value is -4.24. The lowest BCUT2D eigenvalue weighted by Gasteiger charge is -2.23. The first-order valence-corrected chi connectivity index (χ1v) is 20.1. The molecule has 53 heavy (non-hydrogen) atoms. The molecular weight excluding hydrogens is 881 g/mol. The van der Waals surface area contributed by atoms with Crippen LogP contribution in [-0.4, -0.2) is 51.9 Å². The number of sulfonamides is 2. The van der Waals surface area contributed by atoms with Crippen molar-refractivity contribution in [1.29, 1.82) is 0 Å². The van der Waals surface area contributed by atoms with E-state index in [4.69, 9.17) is 5.73 Å². The van der Waals surface area contributed by atoms with E-state index in [0.717, 1.165) is 33.3 Å². The summed E-state index contributed by atoms with van der Waals surface area (Å²) in [6.45, 7) is -0.719. The van der Waals surface area contributed by atoms with Crippen molar-refractivity contribution in [3.63, 3.8) is 0 Å². The van der Waals surface area contributed by atoms with Crippen LogP contribution >= 0.6 is 31.9 Å². The smallest absolute Gasteiger partial charge is 0.413 e. The Kier molecular flexibility index (Phi) is 13.2. The van der Waals surface area contributed by atoms with Gasteiger partial charge in [0.05, 0.1) is 43.5 Å². The largest absolute Gasteiger partial charge is 0.470 e. The maximum atomic E-state index is 14.6. The highest BCUT2D eigenvalue weighted by Gasteiger charge is 2.38. The van der Waals surface area contributed by atoms with Gasteiger partial charge in [0.1, 0.15) is 11.6 Å². The molecule has 0 saturated heterocycles. The zero-order valence-electron chi connectivity index (χ0n) is 27.5. The third-order valence-corrected chi connectivity index (χ3v) is 10.4. The van der Waals surface area contributed by atoms with Crippen LogP contribution in [0, 0.1) is 11.6 Å². The number of alkyl halides is 3. The number of nitrogens with two attached hydrogens (primary N) is 1. The summed E-state index contributed by atoms with van der Waals surface area (Å²) in [5, 5.41) is 6.15. The molecule has 0 radical (unpaired) electrons. The molecule has 4 aromatic carbocycles. The average molecular weight is 910 g/mol. The van der Waals surface area contributed by atoms with Crippen LogP contribution in [0.1, 0.15) is 27.4 Å². The molecule has 0 atom stereocenters. The first-order valence-electron chi connectivity index (χ1n) is 14.8. The average Bonchev–Trinajstić information content (AvgIpc) is 3.57. The third kappa shape index (κ3) is 11.1. The monoisotopic (exact) mass is 907 g/mol. The highest BCUT2D eigenvalue weighted by Crippen LogP contribution is 2.32. The second kappa shape index (κ2) is 16.8. The normalized spacial score (nSPS) is 11.8. The van der Waals surface area contributed by atoms with Gasteiger partial charge in [-0.25, -0.2) is 25.6 Å². The second-order valence-corrected chi connectivity index (χ2v) is 16.8. The van der Waals surface area contributed by atoms with Crippen LogP contribution in [0.3, 0.4) is 0 Å². The fourth-order valence-electron chi connectivity index (χ4n) is 4.60. The Morgan fingerprint density at radius 2 is 1.25 bits per heavy atom. The van der Waals surface area contributed by atoms with Gasteiger partial charge in [-0.1, -0.05) is 62.2 Å². The van der Waals surface area contributed by atoms with Crippen LogP contribution in [-0.2, 0) is 39.3 Å². The first kappa shape index (κ1) is 41.5. The molecule has 5 aromatic rings. The number of nitrogens with zero attached hydrogens (tertiary/aromatic N) is 4. The molecule has 20 heteroatoms. The van der Waals surface area contributed by atoms with Crippen LogP contribution in [0.5, 0.6) is 0 Å². The number of ketones is 1. The number of rotatable bonds is 11. The molecule has 0 aliphatic carbocycles. The zero-order valence-corrected chi connectivity index (χ0v) is 32.3. The number of anilines is 2. The van der Waals surface area contributed by atoms with Gasteiger partial charge < -0.3 is 10.2 Å². The van der Waals surface area contributed by atoms with Crippen LogP contribution in [0.2, 0.25) is 0 Å². The SMILES string of the molecule is CS(=O)(=O)N(Cc1ccc(-c2nnc(C(F)(F)F)o2)cc1F)c1cccc(Br)c1.CS(=O)(=O)N(Cc1ccc(C(=O)CN)cc1F)c1cccc(Br)c1. The van der Waals surface area contributed by atoms with Crippen molar-refractivity contribution in [2.75, 3.05) is 27.7 Å². The fraction of sp³-hybridized carbons (Fsp3) is 0.182. The minimum Gasteiger partial charge on any atom is -0.413 e. The van der Waals surface area contributed by atoms with Gasteiger partial charge in [-0.15, -0.1) is 10.2 Å². The second-order valence-electron chi connectivity index (χ2n) is 11.1. The maximum absolute atomic E-state index is 14.6. The molecule has 0 amide bonds. The number of Topliss-reactive ketones (excluding diaryl/α,β-unsaturated/α-hetero) is 1. The van der Waals surface area contributed by atoms with E-state index >= 15 is 0 Å². The quantitative estimate of drug-likeness (QED) is 0.106. The lowest BCUT2D eigenvalue weighted by molar-refractivity contribution is -0.156. The number of hydrogen-bond donors (Lipinski definition) is 1. The lowest BCUT2D eigenvalue weighted by Crippen LogP contribution is -2.29. The van der Waals surface area contributed by atoms with E-state index in [1.165, 1.54) is 24.3 Å². The van der Waals surface area contributed by atoms with Gasteiger partial charge in [-0.05, 0) is 54.6 Å². The summed E-state index contributed by atoms with van der Waals surface area (Å²) in [7, 11) is -7.37. The number of carbonyl (C=O) groups is 1. The predicted molar refractivity (Wildman–Crippen MR) is 195 cm³/mol. The van der Waals surface area contributed by atoms with E-state index in [1.807, 2.05) is 0 Å².